The fraction of sp³-hybridized carbons (Fsp3) is 0.833. The quantitative estimate of drug-likeness (QED) is 0.743. The highest BCUT2D eigenvalue weighted by atomic mass is 16.5. The standard InChI is InChI=1S/C12H19N3O2/c13-9-10-1-5-15(6-2-10)12(16)14-11-3-7-17-8-4-11/h10-11H,1-8H2,(H,14,16). The molecule has 0 bridgehead atoms. The van der Waals surface area contributed by atoms with Crippen LogP contribution in [0.15, 0.2) is 0 Å². The van der Waals surface area contributed by atoms with Crippen molar-refractivity contribution >= 4 is 6.03 Å². The van der Waals surface area contributed by atoms with Crippen LogP contribution in [0.25, 0.3) is 0 Å². The van der Waals surface area contributed by atoms with E-state index in [4.69, 9.17) is 10.00 Å². The fourth-order valence-corrected chi connectivity index (χ4v) is 2.32. The topological polar surface area (TPSA) is 65.4 Å². The number of carbonyl (C=O) groups excluding carboxylic acids is 1. The van der Waals surface area contributed by atoms with Gasteiger partial charge in [-0.05, 0) is 25.7 Å². The van der Waals surface area contributed by atoms with Gasteiger partial charge >= 0.3 is 6.03 Å². The van der Waals surface area contributed by atoms with E-state index in [1.807, 2.05) is 4.90 Å². The second kappa shape index (κ2) is 5.87. The highest BCUT2D eigenvalue weighted by molar-refractivity contribution is 5.74. The Morgan fingerprint density at radius 2 is 1.88 bits per heavy atom. The van der Waals surface area contributed by atoms with Crippen LogP contribution in [-0.4, -0.2) is 43.3 Å². The lowest BCUT2D eigenvalue weighted by Gasteiger charge is -2.32. The van der Waals surface area contributed by atoms with E-state index >= 15 is 0 Å². The first-order chi connectivity index (χ1) is 8.29. The molecule has 0 aromatic carbocycles. The molecule has 0 atom stereocenters. The summed E-state index contributed by atoms with van der Waals surface area (Å²) in [6.07, 6.45) is 3.41. The molecule has 17 heavy (non-hydrogen) atoms. The lowest BCUT2D eigenvalue weighted by molar-refractivity contribution is 0.0774. The van der Waals surface area contributed by atoms with Crippen molar-refractivity contribution in [1.82, 2.24) is 10.2 Å². The SMILES string of the molecule is N#CC1CCN(C(=O)NC2CCOCC2)CC1. The van der Waals surface area contributed by atoms with Gasteiger partial charge in [0.05, 0.1) is 6.07 Å². The van der Waals surface area contributed by atoms with Gasteiger partial charge < -0.3 is 15.0 Å². The van der Waals surface area contributed by atoms with Crippen LogP contribution in [0.3, 0.4) is 0 Å². The number of carbonyl (C=O) groups is 1. The van der Waals surface area contributed by atoms with Crippen molar-refractivity contribution in [3.05, 3.63) is 0 Å². The minimum atomic E-state index is 0.0216. The molecule has 2 aliphatic heterocycles. The average molecular weight is 237 g/mol. The minimum absolute atomic E-state index is 0.0216. The molecule has 5 heteroatoms. The average Bonchev–Trinajstić information content (AvgIpc) is 2.40. The van der Waals surface area contributed by atoms with Gasteiger partial charge in [-0.3, -0.25) is 0 Å². The van der Waals surface area contributed by atoms with E-state index in [0.29, 0.717) is 13.1 Å². The molecule has 2 fully saturated rings. The Kier molecular flexibility index (Phi) is 4.21. The van der Waals surface area contributed by atoms with E-state index in [0.717, 1.165) is 38.9 Å². The smallest absolute Gasteiger partial charge is 0.317 e. The summed E-state index contributed by atoms with van der Waals surface area (Å²) in [6, 6.07) is 2.55. The molecule has 5 nitrogen and oxygen atoms in total. The Bertz CT molecular complexity index is 299. The predicted octanol–water partition coefficient (Wildman–Crippen LogP) is 1.11. The zero-order valence-electron chi connectivity index (χ0n) is 10.0. The molecule has 0 unspecified atom stereocenters. The number of nitriles is 1. The Morgan fingerprint density at radius 1 is 1.24 bits per heavy atom. The highest BCUT2D eigenvalue weighted by Crippen LogP contribution is 2.16. The largest absolute Gasteiger partial charge is 0.381 e. The van der Waals surface area contributed by atoms with Crippen molar-refractivity contribution in [2.75, 3.05) is 26.3 Å². The summed E-state index contributed by atoms with van der Waals surface area (Å²) in [6.45, 7) is 2.88. The predicted molar refractivity (Wildman–Crippen MR) is 62.3 cm³/mol. The van der Waals surface area contributed by atoms with Gasteiger partial charge in [-0.1, -0.05) is 0 Å². The first-order valence-corrected chi connectivity index (χ1v) is 6.32. The first-order valence-electron chi connectivity index (χ1n) is 6.32. The highest BCUT2D eigenvalue weighted by Gasteiger charge is 2.24. The zero-order chi connectivity index (χ0) is 12.1. The molecule has 2 heterocycles. The lowest BCUT2D eigenvalue weighted by atomic mass is 9.99. The fourth-order valence-electron chi connectivity index (χ4n) is 2.32. The summed E-state index contributed by atoms with van der Waals surface area (Å²) in [5.41, 5.74) is 0. The van der Waals surface area contributed by atoms with Crippen LogP contribution in [-0.2, 0) is 4.74 Å². The Balaban J connectivity index is 1.75. The van der Waals surface area contributed by atoms with Crippen LogP contribution in [0.2, 0.25) is 0 Å². The van der Waals surface area contributed by atoms with Gasteiger partial charge in [0.2, 0.25) is 0 Å². The van der Waals surface area contributed by atoms with Gasteiger partial charge in [0.1, 0.15) is 0 Å². The van der Waals surface area contributed by atoms with Gasteiger partial charge in [-0.2, -0.15) is 5.26 Å². The van der Waals surface area contributed by atoms with Crippen molar-refractivity contribution in [2.24, 2.45) is 5.92 Å². The molecule has 2 amide bonds. The molecule has 2 rings (SSSR count). The maximum atomic E-state index is 12.0. The molecule has 94 valence electrons. The molecule has 0 spiro atoms. The molecule has 0 radical (unpaired) electrons. The number of likely N-dealkylation sites (tertiary alicyclic amines) is 1. The molecule has 0 aliphatic carbocycles. The number of piperidine rings is 1. The number of hydrogen-bond donors (Lipinski definition) is 1. The Hall–Kier alpha value is -1.28. The van der Waals surface area contributed by atoms with Crippen molar-refractivity contribution in [3.63, 3.8) is 0 Å². The third kappa shape index (κ3) is 3.34. The third-order valence-corrected chi connectivity index (χ3v) is 3.51. The van der Waals surface area contributed by atoms with Crippen LogP contribution in [0.1, 0.15) is 25.7 Å². The summed E-state index contributed by atoms with van der Waals surface area (Å²) >= 11 is 0. The summed E-state index contributed by atoms with van der Waals surface area (Å²) in [7, 11) is 0. The number of nitrogens with one attached hydrogen (secondary N) is 1. The van der Waals surface area contributed by atoms with Gasteiger partial charge in [-0.25, -0.2) is 4.79 Å². The molecule has 2 aliphatic rings. The number of hydrogen-bond acceptors (Lipinski definition) is 3. The Morgan fingerprint density at radius 3 is 2.47 bits per heavy atom. The molecule has 0 aromatic rings. The molecule has 0 aromatic heterocycles. The van der Waals surface area contributed by atoms with Gasteiger partial charge in [0, 0.05) is 38.3 Å². The molecular weight excluding hydrogens is 218 g/mol. The number of rotatable bonds is 1. The van der Waals surface area contributed by atoms with E-state index in [1.165, 1.54) is 0 Å². The maximum absolute atomic E-state index is 12.0. The monoisotopic (exact) mass is 237 g/mol. The number of urea groups is 1. The number of nitrogens with zero attached hydrogens (tertiary/aromatic N) is 2. The summed E-state index contributed by atoms with van der Waals surface area (Å²) in [4.78, 5) is 13.8. The van der Waals surface area contributed by atoms with Gasteiger partial charge in [0.15, 0.2) is 0 Å². The van der Waals surface area contributed by atoms with E-state index in [1.54, 1.807) is 0 Å². The summed E-state index contributed by atoms with van der Waals surface area (Å²) in [5.74, 6) is 0.127. The van der Waals surface area contributed by atoms with Crippen molar-refractivity contribution in [2.45, 2.75) is 31.7 Å². The van der Waals surface area contributed by atoms with Crippen LogP contribution in [0.4, 0.5) is 4.79 Å². The number of ether oxygens (including phenoxy) is 1. The second-order valence-corrected chi connectivity index (χ2v) is 4.73. The Labute approximate surface area is 102 Å². The van der Waals surface area contributed by atoms with E-state index in [-0.39, 0.29) is 18.0 Å². The maximum Gasteiger partial charge on any atom is 0.317 e. The lowest BCUT2D eigenvalue weighted by Crippen LogP contribution is -2.49. The van der Waals surface area contributed by atoms with E-state index in [9.17, 15) is 4.79 Å². The number of amides is 2. The molecule has 2 saturated heterocycles. The van der Waals surface area contributed by atoms with Crippen LogP contribution < -0.4 is 5.32 Å². The van der Waals surface area contributed by atoms with Crippen LogP contribution >= 0.6 is 0 Å². The normalized spacial score (nSPS) is 23.1. The summed E-state index contributed by atoms with van der Waals surface area (Å²) < 4.78 is 5.25. The van der Waals surface area contributed by atoms with Crippen molar-refractivity contribution in [3.8, 4) is 6.07 Å². The van der Waals surface area contributed by atoms with E-state index in [2.05, 4.69) is 11.4 Å². The molecular formula is C12H19N3O2. The van der Waals surface area contributed by atoms with Crippen molar-refractivity contribution < 1.29 is 9.53 Å². The van der Waals surface area contributed by atoms with Gasteiger partial charge in [-0.15, -0.1) is 0 Å². The van der Waals surface area contributed by atoms with Crippen LogP contribution in [0.5, 0.6) is 0 Å². The molecule has 0 saturated carbocycles. The van der Waals surface area contributed by atoms with E-state index < -0.39 is 0 Å². The van der Waals surface area contributed by atoms with Crippen molar-refractivity contribution in [1.29, 1.82) is 5.26 Å². The first kappa shape index (κ1) is 12.2. The van der Waals surface area contributed by atoms with Gasteiger partial charge in [0.25, 0.3) is 0 Å². The van der Waals surface area contributed by atoms with Crippen LogP contribution in [0, 0.1) is 17.2 Å². The zero-order valence-corrected chi connectivity index (χ0v) is 10.0. The summed E-state index contributed by atoms with van der Waals surface area (Å²) in [5, 5.41) is 11.8. The minimum Gasteiger partial charge on any atom is -0.381 e. The molecule has 1 N–H and O–H groups in total. The third-order valence-electron chi connectivity index (χ3n) is 3.51. The second-order valence-electron chi connectivity index (χ2n) is 4.73.